The number of anilines is 1. The summed E-state index contributed by atoms with van der Waals surface area (Å²) < 4.78 is 13.3. The number of unbranched alkanes of at least 4 members (excludes halogenated alkanes) is 2. The number of urea groups is 1. The number of aromatic nitrogens is 2. The number of likely N-dealkylation sites (N-methyl/N-ethyl adjacent to an activating group) is 1. The molecule has 0 radical (unpaired) electrons. The molecular formula is C29H38ClN5O4. The molecule has 1 atom stereocenters. The second kappa shape index (κ2) is 12.6. The van der Waals surface area contributed by atoms with Crippen LogP contribution >= 0.6 is 11.6 Å². The Bertz CT molecular complexity index is 1320. The molecule has 39 heavy (non-hydrogen) atoms. The summed E-state index contributed by atoms with van der Waals surface area (Å²) in [5.74, 6) is 1.23. The lowest BCUT2D eigenvalue weighted by molar-refractivity contribution is -0.129. The van der Waals surface area contributed by atoms with Crippen LogP contribution in [0.4, 0.5) is 10.5 Å². The van der Waals surface area contributed by atoms with Gasteiger partial charge in [-0.05, 0) is 43.5 Å². The van der Waals surface area contributed by atoms with E-state index >= 15 is 0 Å². The fourth-order valence-corrected chi connectivity index (χ4v) is 5.13. The smallest absolute Gasteiger partial charge is 0.325 e. The standard InChI is InChI=1S/C29H38ClN5O4/c1-6-7-8-15-39-25-16-22(9-10-24(25)38-5)34-14-12-20(2)35(29(34)37)17-21-11-13-31-28-27(21)23(30)18-33(28)19-26(36)32(3)4/h9-11,13,16,18,20H,6-8,12,14-15,17,19H2,1-5H3/t20-/m1/s1. The number of nitrogens with zero attached hydrogens (tertiary/aromatic N) is 5. The van der Waals surface area contributed by atoms with Crippen molar-refractivity contribution in [1.29, 1.82) is 0 Å². The Morgan fingerprint density at radius 2 is 2.00 bits per heavy atom. The van der Waals surface area contributed by atoms with Crippen molar-refractivity contribution in [3.63, 3.8) is 0 Å². The minimum Gasteiger partial charge on any atom is -0.493 e. The number of hydrogen-bond acceptors (Lipinski definition) is 5. The van der Waals surface area contributed by atoms with Crippen molar-refractivity contribution in [3.8, 4) is 11.5 Å². The Morgan fingerprint density at radius 1 is 1.21 bits per heavy atom. The number of carbonyl (C=O) groups is 2. The zero-order valence-electron chi connectivity index (χ0n) is 23.4. The number of halogens is 1. The Hall–Kier alpha value is -3.46. The third-order valence-corrected chi connectivity index (χ3v) is 7.47. The van der Waals surface area contributed by atoms with E-state index in [0.29, 0.717) is 41.9 Å². The summed E-state index contributed by atoms with van der Waals surface area (Å²) in [7, 11) is 5.05. The summed E-state index contributed by atoms with van der Waals surface area (Å²) in [5.41, 5.74) is 2.29. The van der Waals surface area contributed by atoms with E-state index in [-0.39, 0.29) is 24.5 Å². The van der Waals surface area contributed by atoms with E-state index in [0.717, 1.165) is 42.3 Å². The minimum absolute atomic E-state index is 0.0381. The van der Waals surface area contributed by atoms with Crippen molar-refractivity contribution in [2.45, 2.75) is 58.7 Å². The molecular weight excluding hydrogens is 518 g/mol. The molecule has 1 fully saturated rings. The number of carbonyl (C=O) groups excluding carboxylic acids is 2. The average molecular weight is 556 g/mol. The Morgan fingerprint density at radius 3 is 2.72 bits per heavy atom. The van der Waals surface area contributed by atoms with Crippen LogP contribution in [-0.2, 0) is 17.9 Å². The maximum Gasteiger partial charge on any atom is 0.325 e. The van der Waals surface area contributed by atoms with Crippen molar-refractivity contribution < 1.29 is 19.1 Å². The topological polar surface area (TPSA) is 80.1 Å². The first kappa shape index (κ1) is 28.5. The van der Waals surface area contributed by atoms with E-state index in [9.17, 15) is 9.59 Å². The van der Waals surface area contributed by atoms with Gasteiger partial charge in [-0.15, -0.1) is 0 Å². The first-order valence-electron chi connectivity index (χ1n) is 13.5. The van der Waals surface area contributed by atoms with Crippen LogP contribution in [0.5, 0.6) is 11.5 Å². The number of ether oxygens (including phenoxy) is 2. The first-order valence-corrected chi connectivity index (χ1v) is 13.8. The van der Waals surface area contributed by atoms with Crippen LogP contribution in [0.1, 0.15) is 45.1 Å². The van der Waals surface area contributed by atoms with E-state index in [1.807, 2.05) is 29.2 Å². The lowest BCUT2D eigenvalue weighted by Crippen LogP contribution is -2.53. The Balaban J connectivity index is 1.58. The van der Waals surface area contributed by atoms with E-state index in [4.69, 9.17) is 21.1 Å². The number of methoxy groups -OCH3 is 1. The number of pyridine rings is 1. The summed E-state index contributed by atoms with van der Waals surface area (Å²) in [5, 5.41) is 1.27. The van der Waals surface area contributed by atoms with Gasteiger partial charge in [-0.1, -0.05) is 31.4 Å². The second-order valence-electron chi connectivity index (χ2n) is 10.2. The summed E-state index contributed by atoms with van der Waals surface area (Å²) in [6, 6.07) is 7.48. The second-order valence-corrected chi connectivity index (χ2v) is 10.6. The fraction of sp³-hybridized carbons (Fsp3) is 0.483. The van der Waals surface area contributed by atoms with Gasteiger partial charge in [0.15, 0.2) is 11.5 Å². The molecule has 1 aromatic carbocycles. The van der Waals surface area contributed by atoms with Crippen LogP contribution in [-0.4, -0.2) is 71.7 Å². The first-order chi connectivity index (χ1) is 18.7. The summed E-state index contributed by atoms with van der Waals surface area (Å²) in [6.07, 6.45) is 7.42. The highest BCUT2D eigenvalue weighted by molar-refractivity contribution is 6.35. The zero-order valence-corrected chi connectivity index (χ0v) is 24.2. The van der Waals surface area contributed by atoms with E-state index in [1.165, 1.54) is 4.90 Å². The molecule has 0 bridgehead atoms. The lowest BCUT2D eigenvalue weighted by Gasteiger charge is -2.40. The average Bonchev–Trinajstić information content (AvgIpc) is 3.24. The molecule has 4 rings (SSSR count). The molecule has 3 heterocycles. The molecule has 0 spiro atoms. The van der Waals surface area contributed by atoms with Gasteiger partial charge < -0.3 is 23.8 Å². The van der Waals surface area contributed by atoms with Crippen molar-refractivity contribution in [1.82, 2.24) is 19.4 Å². The van der Waals surface area contributed by atoms with Gasteiger partial charge in [0.25, 0.3) is 0 Å². The number of rotatable bonds is 11. The van der Waals surface area contributed by atoms with Gasteiger partial charge in [-0.3, -0.25) is 9.69 Å². The number of amides is 3. The van der Waals surface area contributed by atoms with Crippen LogP contribution in [0.15, 0.2) is 36.7 Å². The van der Waals surface area contributed by atoms with Crippen molar-refractivity contribution in [2.24, 2.45) is 0 Å². The van der Waals surface area contributed by atoms with Gasteiger partial charge in [0.05, 0.1) is 18.7 Å². The molecule has 1 aliphatic rings. The summed E-state index contributed by atoms with van der Waals surface area (Å²) >= 11 is 6.64. The van der Waals surface area contributed by atoms with Crippen LogP contribution in [0.3, 0.4) is 0 Å². The van der Waals surface area contributed by atoms with Crippen molar-refractivity contribution in [3.05, 3.63) is 47.2 Å². The largest absolute Gasteiger partial charge is 0.493 e. The molecule has 2 aromatic heterocycles. The van der Waals surface area contributed by atoms with Gasteiger partial charge in [0.1, 0.15) is 12.2 Å². The highest BCUT2D eigenvalue weighted by atomic mass is 35.5. The molecule has 1 aliphatic heterocycles. The minimum atomic E-state index is -0.0841. The van der Waals surface area contributed by atoms with Gasteiger partial charge in [0, 0.05) is 62.8 Å². The van der Waals surface area contributed by atoms with Crippen molar-refractivity contribution in [2.75, 3.05) is 39.3 Å². The van der Waals surface area contributed by atoms with E-state index in [1.54, 1.807) is 43.1 Å². The van der Waals surface area contributed by atoms with Gasteiger partial charge in [0.2, 0.25) is 5.91 Å². The van der Waals surface area contributed by atoms with Gasteiger partial charge in [-0.25, -0.2) is 9.78 Å². The van der Waals surface area contributed by atoms with Crippen LogP contribution in [0, 0.1) is 0 Å². The highest BCUT2D eigenvalue weighted by Gasteiger charge is 2.33. The van der Waals surface area contributed by atoms with Crippen LogP contribution in [0.2, 0.25) is 5.02 Å². The number of hydrogen-bond donors (Lipinski definition) is 0. The molecule has 3 aromatic rings. The molecule has 0 saturated carbocycles. The number of fused-ring (bicyclic) bond motifs is 1. The number of benzene rings is 1. The SMILES string of the molecule is CCCCCOc1cc(N2CC[C@@H](C)N(Cc3ccnc4c3c(Cl)cn4CC(=O)N(C)C)C2=O)ccc1OC. The third-order valence-electron chi connectivity index (χ3n) is 7.19. The maximum atomic E-state index is 13.8. The van der Waals surface area contributed by atoms with Crippen molar-refractivity contribution >= 4 is 40.3 Å². The van der Waals surface area contributed by atoms with Crippen LogP contribution < -0.4 is 14.4 Å². The summed E-state index contributed by atoms with van der Waals surface area (Å²) in [4.78, 5) is 35.9. The molecule has 0 N–H and O–H groups in total. The predicted molar refractivity (Wildman–Crippen MR) is 154 cm³/mol. The van der Waals surface area contributed by atoms with Crippen LogP contribution in [0.25, 0.3) is 11.0 Å². The molecule has 1 saturated heterocycles. The lowest BCUT2D eigenvalue weighted by atomic mass is 10.1. The molecule has 0 aliphatic carbocycles. The fourth-order valence-electron chi connectivity index (χ4n) is 4.81. The Labute approximate surface area is 235 Å². The highest BCUT2D eigenvalue weighted by Crippen LogP contribution is 2.35. The van der Waals surface area contributed by atoms with E-state index < -0.39 is 0 Å². The Kier molecular flexibility index (Phi) is 9.22. The predicted octanol–water partition coefficient (Wildman–Crippen LogP) is 5.58. The zero-order chi connectivity index (χ0) is 28.1. The summed E-state index contributed by atoms with van der Waals surface area (Å²) in [6.45, 7) is 5.93. The molecule has 0 unspecified atom stereocenters. The molecule has 9 nitrogen and oxygen atoms in total. The maximum absolute atomic E-state index is 13.8. The van der Waals surface area contributed by atoms with Gasteiger partial charge in [-0.2, -0.15) is 0 Å². The third kappa shape index (κ3) is 6.24. The quantitative estimate of drug-likeness (QED) is 0.289. The molecule has 210 valence electrons. The normalized spacial score (nSPS) is 15.6. The monoisotopic (exact) mass is 555 g/mol. The van der Waals surface area contributed by atoms with Gasteiger partial charge >= 0.3 is 6.03 Å². The van der Waals surface area contributed by atoms with E-state index in [2.05, 4.69) is 18.8 Å². The molecule has 10 heteroatoms. The molecule has 3 amide bonds.